The molecule has 0 bridgehead atoms. The zero-order chi connectivity index (χ0) is 12.5. The summed E-state index contributed by atoms with van der Waals surface area (Å²) in [4.78, 5) is 8.98. The van der Waals surface area contributed by atoms with Gasteiger partial charge in [-0.1, -0.05) is 6.07 Å². The van der Waals surface area contributed by atoms with Gasteiger partial charge < -0.3 is 9.88 Å². The number of aryl methyl sites for hydroxylation is 1. The number of pyridine rings is 1. The van der Waals surface area contributed by atoms with Crippen LogP contribution in [0.1, 0.15) is 0 Å². The Morgan fingerprint density at radius 1 is 1.17 bits per heavy atom. The first kappa shape index (κ1) is 10.8. The van der Waals surface area contributed by atoms with Crippen molar-refractivity contribution in [2.24, 2.45) is 7.05 Å². The van der Waals surface area contributed by atoms with Crippen LogP contribution in [0.4, 0.5) is 5.69 Å². The maximum Gasteiger partial charge on any atom is 0.159 e. The van der Waals surface area contributed by atoms with E-state index in [9.17, 15) is 0 Å². The van der Waals surface area contributed by atoms with E-state index in [1.807, 2.05) is 44.4 Å². The van der Waals surface area contributed by atoms with Crippen molar-refractivity contribution in [1.82, 2.24) is 14.5 Å². The van der Waals surface area contributed by atoms with Crippen molar-refractivity contribution in [2.75, 3.05) is 12.4 Å². The zero-order valence-electron chi connectivity index (χ0n) is 10.4. The third kappa shape index (κ3) is 1.62. The molecule has 4 heteroatoms. The van der Waals surface area contributed by atoms with E-state index in [4.69, 9.17) is 0 Å². The summed E-state index contributed by atoms with van der Waals surface area (Å²) in [7, 11) is 3.93. The lowest BCUT2D eigenvalue weighted by Gasteiger charge is -2.02. The van der Waals surface area contributed by atoms with Gasteiger partial charge in [0.1, 0.15) is 5.69 Å². The normalized spacial score (nSPS) is 10.8. The molecule has 18 heavy (non-hydrogen) atoms. The molecule has 0 unspecified atom stereocenters. The highest BCUT2D eigenvalue weighted by atomic mass is 15.1. The molecule has 90 valence electrons. The van der Waals surface area contributed by atoms with Crippen LogP contribution in [-0.4, -0.2) is 21.6 Å². The van der Waals surface area contributed by atoms with Crippen molar-refractivity contribution in [3.8, 4) is 11.5 Å². The van der Waals surface area contributed by atoms with E-state index < -0.39 is 0 Å². The Hall–Kier alpha value is -2.36. The second-order valence-corrected chi connectivity index (χ2v) is 4.16. The molecule has 1 N–H and O–H groups in total. The lowest BCUT2D eigenvalue weighted by Crippen LogP contribution is -1.94. The predicted octanol–water partition coefficient (Wildman–Crippen LogP) is 2.68. The molecular weight excluding hydrogens is 224 g/mol. The Morgan fingerprint density at radius 2 is 2.06 bits per heavy atom. The van der Waals surface area contributed by atoms with Gasteiger partial charge in [0.15, 0.2) is 5.82 Å². The molecule has 0 radical (unpaired) electrons. The summed E-state index contributed by atoms with van der Waals surface area (Å²) in [5, 5.41) is 3.14. The number of hydrogen-bond acceptors (Lipinski definition) is 3. The van der Waals surface area contributed by atoms with Gasteiger partial charge in [0.2, 0.25) is 0 Å². The number of nitrogens with zero attached hydrogens (tertiary/aromatic N) is 3. The molecule has 0 fully saturated rings. The van der Waals surface area contributed by atoms with Crippen molar-refractivity contribution in [3.05, 3.63) is 42.6 Å². The standard InChI is InChI=1S/C14H14N4/c1-15-10-6-7-11-13(9-10)18(2)14(17-11)12-5-3-4-8-16-12/h3-9,15H,1-2H3. The molecule has 0 saturated carbocycles. The van der Waals surface area contributed by atoms with Crippen LogP contribution in [0.5, 0.6) is 0 Å². The molecule has 0 saturated heterocycles. The number of aromatic nitrogens is 3. The van der Waals surface area contributed by atoms with Crippen LogP contribution in [0.25, 0.3) is 22.6 Å². The molecule has 3 rings (SSSR count). The number of imidazole rings is 1. The van der Waals surface area contributed by atoms with E-state index >= 15 is 0 Å². The number of anilines is 1. The van der Waals surface area contributed by atoms with Gasteiger partial charge in [-0.15, -0.1) is 0 Å². The Balaban J connectivity index is 2.23. The van der Waals surface area contributed by atoms with Gasteiger partial charge in [-0.2, -0.15) is 0 Å². The number of nitrogens with one attached hydrogen (secondary N) is 1. The zero-order valence-corrected chi connectivity index (χ0v) is 10.4. The molecule has 0 aliphatic rings. The Kier molecular flexibility index (Phi) is 2.48. The summed E-state index contributed by atoms with van der Waals surface area (Å²) < 4.78 is 2.07. The predicted molar refractivity (Wildman–Crippen MR) is 73.5 cm³/mol. The molecule has 4 nitrogen and oxygen atoms in total. The summed E-state index contributed by atoms with van der Waals surface area (Å²) in [5.74, 6) is 0.888. The Bertz CT molecular complexity index is 686. The van der Waals surface area contributed by atoms with Crippen molar-refractivity contribution in [3.63, 3.8) is 0 Å². The summed E-state index contributed by atoms with van der Waals surface area (Å²) >= 11 is 0. The van der Waals surface area contributed by atoms with Crippen molar-refractivity contribution >= 4 is 16.7 Å². The van der Waals surface area contributed by atoms with Crippen molar-refractivity contribution in [1.29, 1.82) is 0 Å². The van der Waals surface area contributed by atoms with E-state index in [0.29, 0.717) is 0 Å². The Morgan fingerprint density at radius 3 is 2.78 bits per heavy atom. The summed E-state index contributed by atoms with van der Waals surface area (Å²) in [6.07, 6.45) is 1.79. The Labute approximate surface area is 105 Å². The summed E-state index contributed by atoms with van der Waals surface area (Å²) in [6, 6.07) is 12.0. The highest BCUT2D eigenvalue weighted by Gasteiger charge is 2.10. The van der Waals surface area contributed by atoms with Gasteiger partial charge >= 0.3 is 0 Å². The minimum Gasteiger partial charge on any atom is -0.388 e. The van der Waals surface area contributed by atoms with Gasteiger partial charge in [0, 0.05) is 26.0 Å². The van der Waals surface area contributed by atoms with E-state index in [0.717, 1.165) is 28.2 Å². The molecule has 2 heterocycles. The minimum atomic E-state index is 0.888. The van der Waals surface area contributed by atoms with Gasteiger partial charge in [-0.25, -0.2) is 4.98 Å². The molecule has 0 amide bonds. The number of fused-ring (bicyclic) bond motifs is 1. The lowest BCUT2D eigenvalue weighted by atomic mass is 10.3. The van der Waals surface area contributed by atoms with Gasteiger partial charge in [-0.05, 0) is 30.3 Å². The first-order chi connectivity index (χ1) is 8.79. The van der Waals surface area contributed by atoms with E-state index in [-0.39, 0.29) is 0 Å². The fourth-order valence-electron chi connectivity index (χ4n) is 2.07. The quantitative estimate of drug-likeness (QED) is 0.746. The highest BCUT2D eigenvalue weighted by molar-refractivity contribution is 5.83. The van der Waals surface area contributed by atoms with E-state index in [1.54, 1.807) is 6.20 Å². The first-order valence-corrected chi connectivity index (χ1v) is 5.85. The van der Waals surface area contributed by atoms with E-state index in [1.165, 1.54) is 0 Å². The second-order valence-electron chi connectivity index (χ2n) is 4.16. The van der Waals surface area contributed by atoms with Crippen LogP contribution in [0.15, 0.2) is 42.6 Å². The number of rotatable bonds is 2. The monoisotopic (exact) mass is 238 g/mol. The third-order valence-corrected chi connectivity index (χ3v) is 3.06. The SMILES string of the molecule is CNc1ccc2nc(-c3ccccn3)n(C)c2c1. The van der Waals surface area contributed by atoms with E-state index in [2.05, 4.69) is 25.9 Å². The molecule has 0 atom stereocenters. The average Bonchev–Trinajstić information content (AvgIpc) is 2.77. The van der Waals surface area contributed by atoms with Crippen LogP contribution in [0.2, 0.25) is 0 Å². The second kappa shape index (κ2) is 4.14. The molecule has 3 aromatic rings. The smallest absolute Gasteiger partial charge is 0.159 e. The third-order valence-electron chi connectivity index (χ3n) is 3.06. The summed E-state index contributed by atoms with van der Waals surface area (Å²) in [6.45, 7) is 0. The van der Waals surface area contributed by atoms with Crippen LogP contribution in [0.3, 0.4) is 0 Å². The maximum absolute atomic E-state index is 4.63. The first-order valence-electron chi connectivity index (χ1n) is 5.85. The number of benzene rings is 1. The average molecular weight is 238 g/mol. The topological polar surface area (TPSA) is 42.7 Å². The van der Waals surface area contributed by atoms with Crippen LogP contribution in [0, 0.1) is 0 Å². The molecule has 2 aromatic heterocycles. The molecule has 0 aliphatic carbocycles. The van der Waals surface area contributed by atoms with Crippen molar-refractivity contribution < 1.29 is 0 Å². The van der Waals surface area contributed by atoms with Crippen LogP contribution < -0.4 is 5.32 Å². The number of hydrogen-bond donors (Lipinski definition) is 1. The highest BCUT2D eigenvalue weighted by Crippen LogP contribution is 2.24. The molecule has 0 spiro atoms. The molecule has 0 aliphatic heterocycles. The molecular formula is C14H14N4. The van der Waals surface area contributed by atoms with Gasteiger partial charge in [-0.3, -0.25) is 4.98 Å². The van der Waals surface area contributed by atoms with Gasteiger partial charge in [0.25, 0.3) is 0 Å². The summed E-state index contributed by atoms with van der Waals surface area (Å²) in [5.41, 5.74) is 4.06. The largest absolute Gasteiger partial charge is 0.388 e. The van der Waals surface area contributed by atoms with Crippen LogP contribution in [-0.2, 0) is 7.05 Å². The fourth-order valence-corrected chi connectivity index (χ4v) is 2.07. The van der Waals surface area contributed by atoms with Crippen molar-refractivity contribution in [2.45, 2.75) is 0 Å². The fraction of sp³-hybridized carbons (Fsp3) is 0.143. The van der Waals surface area contributed by atoms with Crippen LogP contribution >= 0.6 is 0 Å². The van der Waals surface area contributed by atoms with Gasteiger partial charge in [0.05, 0.1) is 11.0 Å². The molecule has 1 aromatic carbocycles. The minimum absolute atomic E-state index is 0.888. The lowest BCUT2D eigenvalue weighted by molar-refractivity contribution is 0.950. The maximum atomic E-state index is 4.63.